The molecule has 2 heterocycles. The van der Waals surface area contributed by atoms with Crippen molar-refractivity contribution in [2.45, 2.75) is 31.9 Å². The Morgan fingerprint density at radius 2 is 2.25 bits per heavy atom. The molecule has 2 rings (SSSR count). The van der Waals surface area contributed by atoms with Crippen molar-refractivity contribution >= 4 is 17.6 Å². The standard InChI is InChI=1S/C14H19ClN2O3/c15-13-9-16-5-1-11(13)10-17-6-2-12(3-7-17)20-8-4-14(18)19/h1,5,9,12H,2-4,6-8,10H2,(H,18,19). The Morgan fingerprint density at radius 1 is 1.50 bits per heavy atom. The van der Waals surface area contributed by atoms with E-state index in [1.54, 1.807) is 12.4 Å². The fourth-order valence-corrected chi connectivity index (χ4v) is 2.50. The third-order valence-electron chi connectivity index (χ3n) is 3.45. The van der Waals surface area contributed by atoms with Crippen molar-refractivity contribution in [1.82, 2.24) is 9.88 Å². The highest BCUT2D eigenvalue weighted by Crippen LogP contribution is 2.20. The Hall–Kier alpha value is -1.17. The van der Waals surface area contributed by atoms with Gasteiger partial charge in [-0.25, -0.2) is 0 Å². The second-order valence-electron chi connectivity index (χ2n) is 4.96. The topological polar surface area (TPSA) is 62.7 Å². The fourth-order valence-electron chi connectivity index (χ4n) is 2.32. The van der Waals surface area contributed by atoms with Gasteiger partial charge < -0.3 is 9.84 Å². The molecule has 1 aliphatic heterocycles. The van der Waals surface area contributed by atoms with Gasteiger partial charge in [-0.05, 0) is 24.5 Å². The van der Waals surface area contributed by atoms with Gasteiger partial charge >= 0.3 is 5.97 Å². The molecule has 1 aromatic heterocycles. The van der Waals surface area contributed by atoms with Crippen molar-refractivity contribution < 1.29 is 14.6 Å². The average Bonchev–Trinajstić information content (AvgIpc) is 2.43. The van der Waals surface area contributed by atoms with Crippen molar-refractivity contribution in [2.75, 3.05) is 19.7 Å². The number of aliphatic carboxylic acids is 1. The highest BCUT2D eigenvalue weighted by Gasteiger charge is 2.20. The van der Waals surface area contributed by atoms with Crippen molar-refractivity contribution in [2.24, 2.45) is 0 Å². The van der Waals surface area contributed by atoms with Crippen LogP contribution in [0.4, 0.5) is 0 Å². The maximum Gasteiger partial charge on any atom is 0.305 e. The van der Waals surface area contributed by atoms with Gasteiger partial charge in [0.1, 0.15) is 0 Å². The normalized spacial score (nSPS) is 17.2. The van der Waals surface area contributed by atoms with Crippen LogP contribution in [0.25, 0.3) is 0 Å². The monoisotopic (exact) mass is 298 g/mol. The van der Waals surface area contributed by atoms with E-state index in [4.69, 9.17) is 21.4 Å². The summed E-state index contributed by atoms with van der Waals surface area (Å²) < 4.78 is 5.57. The molecule has 20 heavy (non-hydrogen) atoms. The third-order valence-corrected chi connectivity index (χ3v) is 3.79. The summed E-state index contributed by atoms with van der Waals surface area (Å²) in [6.07, 6.45) is 5.54. The van der Waals surface area contributed by atoms with Crippen LogP contribution in [0.2, 0.25) is 5.02 Å². The molecule has 6 heteroatoms. The fraction of sp³-hybridized carbons (Fsp3) is 0.571. The highest BCUT2D eigenvalue weighted by atomic mass is 35.5. The SMILES string of the molecule is O=C(O)CCOC1CCN(Cc2ccncc2Cl)CC1. The van der Waals surface area contributed by atoms with Crippen LogP contribution in [0.15, 0.2) is 18.5 Å². The minimum absolute atomic E-state index is 0.0762. The highest BCUT2D eigenvalue weighted by molar-refractivity contribution is 6.31. The maximum atomic E-state index is 10.4. The first-order chi connectivity index (χ1) is 9.65. The van der Waals surface area contributed by atoms with E-state index in [2.05, 4.69) is 9.88 Å². The molecule has 5 nitrogen and oxygen atoms in total. The number of piperidine rings is 1. The van der Waals surface area contributed by atoms with Gasteiger partial charge in [0.05, 0.1) is 24.2 Å². The quantitative estimate of drug-likeness (QED) is 0.872. The lowest BCUT2D eigenvalue weighted by Crippen LogP contribution is -2.36. The average molecular weight is 299 g/mol. The molecule has 1 aliphatic rings. The van der Waals surface area contributed by atoms with E-state index in [1.807, 2.05) is 6.07 Å². The van der Waals surface area contributed by atoms with Gasteiger partial charge in [-0.3, -0.25) is 14.7 Å². The number of hydrogen-bond acceptors (Lipinski definition) is 4. The van der Waals surface area contributed by atoms with Crippen molar-refractivity contribution in [3.8, 4) is 0 Å². The van der Waals surface area contributed by atoms with E-state index < -0.39 is 5.97 Å². The molecule has 1 N–H and O–H groups in total. The number of ether oxygens (including phenoxy) is 1. The number of rotatable bonds is 6. The Bertz CT molecular complexity index is 448. The van der Waals surface area contributed by atoms with Crippen LogP contribution >= 0.6 is 11.6 Å². The largest absolute Gasteiger partial charge is 0.481 e. The van der Waals surface area contributed by atoms with E-state index in [-0.39, 0.29) is 12.5 Å². The van der Waals surface area contributed by atoms with Crippen LogP contribution in [-0.4, -0.2) is 46.8 Å². The summed E-state index contributed by atoms with van der Waals surface area (Å²) in [7, 11) is 0. The van der Waals surface area contributed by atoms with Gasteiger partial charge in [-0.2, -0.15) is 0 Å². The number of likely N-dealkylation sites (tertiary alicyclic amines) is 1. The van der Waals surface area contributed by atoms with Gasteiger partial charge in [0, 0.05) is 32.0 Å². The molecule has 1 saturated heterocycles. The van der Waals surface area contributed by atoms with Crippen LogP contribution in [0.3, 0.4) is 0 Å². The van der Waals surface area contributed by atoms with E-state index >= 15 is 0 Å². The van der Waals surface area contributed by atoms with Gasteiger partial charge in [0.25, 0.3) is 0 Å². The molecule has 0 saturated carbocycles. The first kappa shape index (κ1) is 15.2. The first-order valence-corrected chi connectivity index (χ1v) is 7.17. The molecule has 1 fully saturated rings. The number of aromatic nitrogens is 1. The third kappa shape index (κ3) is 4.74. The summed E-state index contributed by atoms with van der Waals surface area (Å²) in [5, 5.41) is 9.27. The lowest BCUT2D eigenvalue weighted by atomic mass is 10.1. The summed E-state index contributed by atoms with van der Waals surface area (Å²) in [5.74, 6) is -0.810. The maximum absolute atomic E-state index is 10.4. The summed E-state index contributed by atoms with van der Waals surface area (Å²) >= 11 is 6.10. The molecule has 1 aromatic rings. The molecule has 0 unspecified atom stereocenters. The molecular formula is C14H19ClN2O3. The number of hydrogen-bond donors (Lipinski definition) is 1. The predicted molar refractivity (Wildman–Crippen MR) is 75.8 cm³/mol. The Morgan fingerprint density at radius 3 is 2.90 bits per heavy atom. The number of pyridine rings is 1. The van der Waals surface area contributed by atoms with E-state index in [0.29, 0.717) is 11.6 Å². The first-order valence-electron chi connectivity index (χ1n) is 6.79. The van der Waals surface area contributed by atoms with Gasteiger partial charge in [0.2, 0.25) is 0 Å². The number of nitrogens with zero attached hydrogens (tertiary/aromatic N) is 2. The summed E-state index contributed by atoms with van der Waals surface area (Å²) in [6, 6.07) is 1.94. The number of carbonyl (C=O) groups is 1. The van der Waals surface area contributed by atoms with Crippen molar-refractivity contribution in [3.05, 3.63) is 29.0 Å². The van der Waals surface area contributed by atoms with Crippen LogP contribution in [-0.2, 0) is 16.1 Å². The molecule has 0 aliphatic carbocycles. The second-order valence-corrected chi connectivity index (χ2v) is 5.36. The predicted octanol–water partition coefficient (Wildman–Crippen LogP) is 2.19. The minimum Gasteiger partial charge on any atom is -0.481 e. The number of carboxylic acid groups (broad SMARTS) is 1. The molecule has 0 spiro atoms. The zero-order chi connectivity index (χ0) is 14.4. The molecule has 0 radical (unpaired) electrons. The van der Waals surface area contributed by atoms with Gasteiger partial charge in [0.15, 0.2) is 0 Å². The van der Waals surface area contributed by atoms with Crippen molar-refractivity contribution in [3.63, 3.8) is 0 Å². The van der Waals surface area contributed by atoms with Crippen LogP contribution in [0.1, 0.15) is 24.8 Å². The molecule has 0 atom stereocenters. The molecule has 0 bridgehead atoms. The molecule has 110 valence electrons. The van der Waals surface area contributed by atoms with Crippen molar-refractivity contribution in [1.29, 1.82) is 0 Å². The Kier molecular flexibility index (Phi) is 5.76. The number of carboxylic acids is 1. The molecule has 0 aromatic carbocycles. The lowest BCUT2D eigenvalue weighted by Gasteiger charge is -2.32. The van der Waals surface area contributed by atoms with E-state index in [0.717, 1.165) is 38.0 Å². The summed E-state index contributed by atoms with van der Waals surface area (Å²) in [4.78, 5) is 16.7. The zero-order valence-electron chi connectivity index (χ0n) is 11.3. The molecular weight excluding hydrogens is 280 g/mol. The van der Waals surface area contributed by atoms with E-state index in [9.17, 15) is 4.79 Å². The van der Waals surface area contributed by atoms with E-state index in [1.165, 1.54) is 0 Å². The van der Waals surface area contributed by atoms with Crippen LogP contribution < -0.4 is 0 Å². The Labute approximate surface area is 123 Å². The second kappa shape index (κ2) is 7.57. The summed E-state index contributed by atoms with van der Waals surface area (Å²) in [6.45, 7) is 3.01. The van der Waals surface area contributed by atoms with Gasteiger partial charge in [-0.15, -0.1) is 0 Å². The smallest absolute Gasteiger partial charge is 0.305 e. The number of halogens is 1. The van der Waals surface area contributed by atoms with Crippen LogP contribution in [0, 0.1) is 0 Å². The zero-order valence-corrected chi connectivity index (χ0v) is 12.1. The van der Waals surface area contributed by atoms with Gasteiger partial charge in [-0.1, -0.05) is 11.6 Å². The Balaban J connectivity index is 1.72. The lowest BCUT2D eigenvalue weighted by molar-refractivity contribution is -0.138. The summed E-state index contributed by atoms with van der Waals surface area (Å²) in [5.41, 5.74) is 1.09. The minimum atomic E-state index is -0.810. The molecule has 0 amide bonds. The van der Waals surface area contributed by atoms with Crippen LogP contribution in [0.5, 0.6) is 0 Å².